The van der Waals surface area contributed by atoms with Crippen LogP contribution in [0.3, 0.4) is 0 Å². The number of nitro groups is 1. The van der Waals surface area contributed by atoms with Crippen LogP contribution in [0.1, 0.15) is 11.7 Å². The maximum atomic E-state index is 11.2. The van der Waals surface area contributed by atoms with E-state index in [1.165, 1.54) is 6.07 Å². The third kappa shape index (κ3) is 2.09. The van der Waals surface area contributed by atoms with E-state index < -0.39 is 35.9 Å². The van der Waals surface area contributed by atoms with E-state index in [-0.39, 0.29) is 11.3 Å². The summed E-state index contributed by atoms with van der Waals surface area (Å²) in [6, 6.07) is 4.54. The molecule has 4 atom stereocenters. The van der Waals surface area contributed by atoms with Gasteiger partial charge in [-0.05, 0) is 12.1 Å². The first kappa shape index (κ1) is 14.0. The Morgan fingerprint density at radius 1 is 1.29 bits per heavy atom. The number of aliphatic hydroxyl groups excluding tert-OH is 3. The Morgan fingerprint density at radius 3 is 2.67 bits per heavy atom. The van der Waals surface area contributed by atoms with Gasteiger partial charge in [0.05, 0.1) is 17.1 Å². The van der Waals surface area contributed by atoms with Crippen LogP contribution in [-0.2, 0) is 4.74 Å². The summed E-state index contributed by atoms with van der Waals surface area (Å²) >= 11 is 0. The molecule has 112 valence electrons. The molecule has 1 aromatic heterocycles. The Bertz CT molecular complexity index is 684. The SMILES string of the molecule is O=[N+]([O-])c1ccc2[nH]ccc2c1[C@@H]1O[C@H](CO)[C@@H](O)[C@H]1O. The van der Waals surface area contributed by atoms with Gasteiger partial charge in [0, 0.05) is 23.2 Å². The molecule has 1 fully saturated rings. The summed E-state index contributed by atoms with van der Waals surface area (Å²) in [6.07, 6.45) is -3.06. The highest BCUT2D eigenvalue weighted by molar-refractivity contribution is 5.87. The monoisotopic (exact) mass is 294 g/mol. The summed E-state index contributed by atoms with van der Waals surface area (Å²) in [5.74, 6) is 0. The van der Waals surface area contributed by atoms with E-state index >= 15 is 0 Å². The highest BCUT2D eigenvalue weighted by Gasteiger charge is 2.46. The molecular weight excluding hydrogens is 280 g/mol. The van der Waals surface area contributed by atoms with E-state index in [0.717, 1.165) is 0 Å². The number of rotatable bonds is 3. The van der Waals surface area contributed by atoms with Crippen molar-refractivity contribution in [3.8, 4) is 0 Å². The molecule has 4 N–H and O–H groups in total. The smallest absolute Gasteiger partial charge is 0.276 e. The number of ether oxygens (including phenoxy) is 1. The van der Waals surface area contributed by atoms with Crippen molar-refractivity contribution in [2.45, 2.75) is 24.4 Å². The van der Waals surface area contributed by atoms with Crippen molar-refractivity contribution in [1.29, 1.82) is 0 Å². The minimum atomic E-state index is -1.35. The number of aromatic nitrogens is 1. The van der Waals surface area contributed by atoms with E-state index in [1.807, 2.05) is 0 Å². The van der Waals surface area contributed by atoms with Crippen molar-refractivity contribution in [1.82, 2.24) is 4.98 Å². The molecule has 2 heterocycles. The molecule has 1 aromatic carbocycles. The third-order valence-electron chi connectivity index (χ3n) is 3.78. The van der Waals surface area contributed by atoms with Crippen LogP contribution in [0.25, 0.3) is 10.9 Å². The molecule has 1 aliphatic heterocycles. The number of hydrogen-bond donors (Lipinski definition) is 4. The molecule has 1 aliphatic rings. The van der Waals surface area contributed by atoms with Gasteiger partial charge in [-0.2, -0.15) is 0 Å². The summed E-state index contributed by atoms with van der Waals surface area (Å²) in [7, 11) is 0. The average Bonchev–Trinajstić information content (AvgIpc) is 3.04. The molecule has 0 bridgehead atoms. The lowest BCUT2D eigenvalue weighted by atomic mass is 9.97. The molecule has 21 heavy (non-hydrogen) atoms. The lowest BCUT2D eigenvalue weighted by molar-refractivity contribution is -0.386. The lowest BCUT2D eigenvalue weighted by Gasteiger charge is -2.16. The topological polar surface area (TPSA) is 129 Å². The van der Waals surface area contributed by atoms with Gasteiger partial charge in [0.25, 0.3) is 5.69 Å². The predicted molar refractivity (Wildman–Crippen MR) is 71.7 cm³/mol. The van der Waals surface area contributed by atoms with Crippen LogP contribution in [-0.4, -0.2) is 50.1 Å². The summed E-state index contributed by atoms with van der Waals surface area (Å²) in [6.45, 7) is -0.481. The first-order chi connectivity index (χ1) is 10.0. The van der Waals surface area contributed by atoms with Crippen molar-refractivity contribution in [3.63, 3.8) is 0 Å². The lowest BCUT2D eigenvalue weighted by Crippen LogP contribution is -2.32. The number of H-pyrrole nitrogens is 1. The molecule has 1 saturated heterocycles. The van der Waals surface area contributed by atoms with E-state index in [4.69, 9.17) is 9.84 Å². The minimum absolute atomic E-state index is 0.196. The molecule has 8 heteroatoms. The first-order valence-corrected chi connectivity index (χ1v) is 6.41. The second kappa shape index (κ2) is 5.08. The number of hydrogen-bond acceptors (Lipinski definition) is 6. The van der Waals surface area contributed by atoms with Crippen LogP contribution in [0.15, 0.2) is 24.4 Å². The summed E-state index contributed by atoms with van der Waals surface area (Å²) < 4.78 is 5.42. The summed E-state index contributed by atoms with van der Waals surface area (Å²) in [5, 5.41) is 40.8. The average molecular weight is 294 g/mol. The maximum absolute atomic E-state index is 11.2. The van der Waals surface area contributed by atoms with Crippen LogP contribution in [0.2, 0.25) is 0 Å². The fourth-order valence-corrected chi connectivity index (χ4v) is 2.74. The zero-order chi connectivity index (χ0) is 15.1. The van der Waals surface area contributed by atoms with Gasteiger partial charge in [-0.3, -0.25) is 10.1 Å². The second-order valence-corrected chi connectivity index (χ2v) is 4.95. The standard InChI is InChI=1S/C13H14N2O6/c16-5-9-11(17)12(18)13(21-9)10-6-3-4-14-7(6)1-2-8(10)15(19)20/h1-4,9,11-14,16-18H,5H2/t9-,11-,12-,13+/m1/s1. The normalized spacial score (nSPS) is 29.1. The van der Waals surface area contributed by atoms with Crippen LogP contribution in [0, 0.1) is 10.1 Å². The maximum Gasteiger partial charge on any atom is 0.276 e. The van der Waals surface area contributed by atoms with Gasteiger partial charge in [-0.25, -0.2) is 0 Å². The number of aliphatic hydroxyl groups is 3. The highest BCUT2D eigenvalue weighted by atomic mass is 16.6. The van der Waals surface area contributed by atoms with E-state index in [9.17, 15) is 20.3 Å². The Morgan fingerprint density at radius 2 is 2.05 bits per heavy atom. The molecule has 3 rings (SSSR count). The van der Waals surface area contributed by atoms with Gasteiger partial charge in [0.2, 0.25) is 0 Å². The van der Waals surface area contributed by atoms with Crippen LogP contribution < -0.4 is 0 Å². The number of fused-ring (bicyclic) bond motifs is 1. The second-order valence-electron chi connectivity index (χ2n) is 4.95. The van der Waals surface area contributed by atoms with Gasteiger partial charge in [-0.15, -0.1) is 0 Å². The fraction of sp³-hybridized carbons (Fsp3) is 0.385. The highest BCUT2D eigenvalue weighted by Crippen LogP contribution is 2.41. The molecule has 0 aliphatic carbocycles. The summed E-state index contributed by atoms with van der Waals surface area (Å²) in [5.41, 5.74) is 0.659. The number of nitrogens with zero attached hydrogens (tertiary/aromatic N) is 1. The van der Waals surface area contributed by atoms with Crippen LogP contribution >= 0.6 is 0 Å². The Balaban J connectivity index is 2.16. The van der Waals surface area contributed by atoms with Crippen LogP contribution in [0.5, 0.6) is 0 Å². The largest absolute Gasteiger partial charge is 0.394 e. The molecule has 0 saturated carbocycles. The Hall–Kier alpha value is -2.00. The zero-order valence-corrected chi connectivity index (χ0v) is 10.8. The van der Waals surface area contributed by atoms with Gasteiger partial charge in [0.1, 0.15) is 24.4 Å². The Kier molecular flexibility index (Phi) is 3.38. The van der Waals surface area contributed by atoms with Gasteiger partial charge in [0.15, 0.2) is 0 Å². The number of nitro benzene ring substituents is 1. The van der Waals surface area contributed by atoms with Gasteiger partial charge < -0.3 is 25.0 Å². The van der Waals surface area contributed by atoms with Crippen molar-refractivity contribution in [3.05, 3.63) is 40.1 Å². The van der Waals surface area contributed by atoms with Crippen molar-refractivity contribution < 1.29 is 25.0 Å². The number of nitrogens with one attached hydrogen (secondary N) is 1. The molecule has 0 unspecified atom stereocenters. The number of aromatic amines is 1. The number of benzene rings is 1. The van der Waals surface area contributed by atoms with Gasteiger partial charge >= 0.3 is 0 Å². The molecule has 2 aromatic rings. The zero-order valence-electron chi connectivity index (χ0n) is 10.8. The van der Waals surface area contributed by atoms with Crippen molar-refractivity contribution in [2.24, 2.45) is 0 Å². The van der Waals surface area contributed by atoms with E-state index in [0.29, 0.717) is 10.9 Å². The molecule has 0 spiro atoms. The molecule has 8 nitrogen and oxygen atoms in total. The van der Waals surface area contributed by atoms with Crippen LogP contribution in [0.4, 0.5) is 5.69 Å². The molecular formula is C13H14N2O6. The third-order valence-corrected chi connectivity index (χ3v) is 3.78. The van der Waals surface area contributed by atoms with E-state index in [2.05, 4.69) is 4.98 Å². The molecule has 0 amide bonds. The quantitative estimate of drug-likeness (QED) is 0.474. The fourth-order valence-electron chi connectivity index (χ4n) is 2.74. The Labute approximate surface area is 118 Å². The van der Waals surface area contributed by atoms with Crippen molar-refractivity contribution >= 4 is 16.6 Å². The van der Waals surface area contributed by atoms with Crippen molar-refractivity contribution in [2.75, 3.05) is 6.61 Å². The first-order valence-electron chi connectivity index (χ1n) is 6.41. The molecule has 0 radical (unpaired) electrons. The predicted octanol–water partition coefficient (Wildman–Crippen LogP) is 0.230. The summed E-state index contributed by atoms with van der Waals surface area (Å²) in [4.78, 5) is 13.6. The van der Waals surface area contributed by atoms with E-state index in [1.54, 1.807) is 18.3 Å². The minimum Gasteiger partial charge on any atom is -0.394 e. The van der Waals surface area contributed by atoms with Gasteiger partial charge in [-0.1, -0.05) is 0 Å².